The molecule has 1 aromatic carbocycles. The fourth-order valence-corrected chi connectivity index (χ4v) is 2.20. The van der Waals surface area contributed by atoms with Gasteiger partial charge in [-0.3, -0.25) is 0 Å². The van der Waals surface area contributed by atoms with E-state index in [9.17, 15) is 0 Å². The third-order valence-corrected chi connectivity index (χ3v) is 3.50. The van der Waals surface area contributed by atoms with Crippen LogP contribution in [0.3, 0.4) is 0 Å². The summed E-state index contributed by atoms with van der Waals surface area (Å²) >= 11 is 3.48. The van der Waals surface area contributed by atoms with Crippen molar-refractivity contribution in [1.29, 1.82) is 0 Å². The fraction of sp³-hybridized carbons (Fsp3) is 0.333. The molecule has 0 radical (unpaired) electrons. The van der Waals surface area contributed by atoms with E-state index in [-0.39, 0.29) is 0 Å². The first-order valence-electron chi connectivity index (χ1n) is 6.76. The minimum atomic E-state index is 0.605. The molecule has 0 aliphatic rings. The van der Waals surface area contributed by atoms with Crippen LogP contribution in [-0.2, 0) is 6.42 Å². The zero-order valence-electron chi connectivity index (χ0n) is 11.7. The SMILES string of the molecule is CCCNc1ncnc(Oc2ccccc2Br)c1CC. The summed E-state index contributed by atoms with van der Waals surface area (Å²) in [5.74, 6) is 2.21. The Hall–Kier alpha value is -1.62. The number of hydrogen-bond donors (Lipinski definition) is 1. The maximum atomic E-state index is 5.91. The molecule has 0 amide bonds. The van der Waals surface area contributed by atoms with Crippen molar-refractivity contribution in [1.82, 2.24) is 9.97 Å². The topological polar surface area (TPSA) is 47.0 Å². The lowest BCUT2D eigenvalue weighted by Crippen LogP contribution is -2.07. The van der Waals surface area contributed by atoms with E-state index < -0.39 is 0 Å². The van der Waals surface area contributed by atoms with Crippen LogP contribution in [0, 0.1) is 0 Å². The van der Waals surface area contributed by atoms with Crippen molar-refractivity contribution in [3.63, 3.8) is 0 Å². The molecular weight excluding hydrogens is 318 g/mol. The predicted octanol–water partition coefficient (Wildman–Crippen LogP) is 4.42. The van der Waals surface area contributed by atoms with Crippen molar-refractivity contribution in [2.45, 2.75) is 26.7 Å². The van der Waals surface area contributed by atoms with Crippen LogP contribution < -0.4 is 10.1 Å². The second-order valence-electron chi connectivity index (χ2n) is 4.32. The van der Waals surface area contributed by atoms with E-state index in [0.29, 0.717) is 5.88 Å². The lowest BCUT2D eigenvalue weighted by Gasteiger charge is -2.13. The van der Waals surface area contributed by atoms with Gasteiger partial charge in [-0.25, -0.2) is 9.97 Å². The number of nitrogens with one attached hydrogen (secondary N) is 1. The van der Waals surface area contributed by atoms with Gasteiger partial charge in [0.15, 0.2) is 0 Å². The molecule has 0 unspecified atom stereocenters. The molecule has 4 nitrogen and oxygen atoms in total. The molecule has 2 rings (SSSR count). The van der Waals surface area contributed by atoms with E-state index in [1.165, 1.54) is 6.33 Å². The Labute approximate surface area is 127 Å². The molecule has 0 atom stereocenters. The van der Waals surface area contributed by atoms with Gasteiger partial charge in [0.2, 0.25) is 5.88 Å². The highest BCUT2D eigenvalue weighted by Gasteiger charge is 2.12. The zero-order valence-corrected chi connectivity index (χ0v) is 13.3. The fourth-order valence-electron chi connectivity index (χ4n) is 1.83. The minimum absolute atomic E-state index is 0.605. The molecule has 20 heavy (non-hydrogen) atoms. The van der Waals surface area contributed by atoms with E-state index in [2.05, 4.69) is 45.1 Å². The highest BCUT2D eigenvalue weighted by Crippen LogP contribution is 2.31. The summed E-state index contributed by atoms with van der Waals surface area (Å²) in [6, 6.07) is 7.73. The first kappa shape index (κ1) is 14.8. The summed E-state index contributed by atoms with van der Waals surface area (Å²) < 4.78 is 6.82. The van der Waals surface area contributed by atoms with Gasteiger partial charge in [-0.1, -0.05) is 26.0 Å². The number of benzene rings is 1. The normalized spacial score (nSPS) is 10.3. The monoisotopic (exact) mass is 335 g/mol. The lowest BCUT2D eigenvalue weighted by atomic mass is 10.2. The van der Waals surface area contributed by atoms with E-state index in [1.807, 2.05) is 24.3 Å². The van der Waals surface area contributed by atoms with Crippen LogP contribution in [0.1, 0.15) is 25.8 Å². The van der Waals surface area contributed by atoms with Crippen LogP contribution in [0.5, 0.6) is 11.6 Å². The van der Waals surface area contributed by atoms with Crippen molar-refractivity contribution in [3.8, 4) is 11.6 Å². The molecule has 106 valence electrons. The summed E-state index contributed by atoms with van der Waals surface area (Å²) in [6.45, 7) is 5.08. The molecule has 1 aromatic heterocycles. The van der Waals surface area contributed by atoms with Crippen LogP contribution in [0.4, 0.5) is 5.82 Å². The third-order valence-electron chi connectivity index (χ3n) is 2.85. The average molecular weight is 336 g/mol. The predicted molar refractivity (Wildman–Crippen MR) is 84.4 cm³/mol. The Morgan fingerprint density at radius 3 is 2.70 bits per heavy atom. The van der Waals surface area contributed by atoms with Gasteiger partial charge in [-0.2, -0.15) is 0 Å². The van der Waals surface area contributed by atoms with Gasteiger partial charge in [0.1, 0.15) is 17.9 Å². The molecule has 2 aromatic rings. The summed E-state index contributed by atoms with van der Waals surface area (Å²) in [5.41, 5.74) is 0.997. The summed E-state index contributed by atoms with van der Waals surface area (Å²) in [5, 5.41) is 3.31. The van der Waals surface area contributed by atoms with Crippen molar-refractivity contribution >= 4 is 21.7 Å². The molecular formula is C15H18BrN3O. The van der Waals surface area contributed by atoms with E-state index in [0.717, 1.165) is 41.0 Å². The lowest BCUT2D eigenvalue weighted by molar-refractivity contribution is 0.453. The van der Waals surface area contributed by atoms with Crippen LogP contribution in [0.25, 0.3) is 0 Å². The van der Waals surface area contributed by atoms with Gasteiger partial charge in [-0.05, 0) is 40.9 Å². The summed E-state index contributed by atoms with van der Waals surface area (Å²) in [6.07, 6.45) is 3.39. The quantitative estimate of drug-likeness (QED) is 0.848. The Kier molecular flexibility index (Phi) is 5.35. The molecule has 0 saturated carbocycles. The van der Waals surface area contributed by atoms with E-state index in [4.69, 9.17) is 4.74 Å². The largest absolute Gasteiger partial charge is 0.437 e. The van der Waals surface area contributed by atoms with Crippen LogP contribution in [0.2, 0.25) is 0 Å². The Morgan fingerprint density at radius 1 is 1.20 bits per heavy atom. The van der Waals surface area contributed by atoms with Crippen LogP contribution in [-0.4, -0.2) is 16.5 Å². The molecule has 0 spiro atoms. The van der Waals surface area contributed by atoms with Gasteiger partial charge in [-0.15, -0.1) is 0 Å². The highest BCUT2D eigenvalue weighted by molar-refractivity contribution is 9.10. The van der Waals surface area contributed by atoms with Gasteiger partial charge < -0.3 is 10.1 Å². The summed E-state index contributed by atoms with van der Waals surface area (Å²) in [4.78, 5) is 8.56. The number of para-hydroxylation sites is 1. The first-order valence-corrected chi connectivity index (χ1v) is 7.55. The second-order valence-corrected chi connectivity index (χ2v) is 5.17. The van der Waals surface area contributed by atoms with Gasteiger partial charge in [0.25, 0.3) is 0 Å². The molecule has 0 aliphatic heterocycles. The number of aromatic nitrogens is 2. The first-order chi connectivity index (χ1) is 9.76. The highest BCUT2D eigenvalue weighted by atomic mass is 79.9. The van der Waals surface area contributed by atoms with Crippen LogP contribution in [0.15, 0.2) is 35.1 Å². The third kappa shape index (κ3) is 3.48. The van der Waals surface area contributed by atoms with Crippen molar-refractivity contribution in [2.24, 2.45) is 0 Å². The summed E-state index contributed by atoms with van der Waals surface area (Å²) in [7, 11) is 0. The van der Waals surface area contributed by atoms with E-state index in [1.54, 1.807) is 0 Å². The molecule has 0 saturated heterocycles. The maximum absolute atomic E-state index is 5.91. The maximum Gasteiger partial charge on any atom is 0.227 e. The standard InChI is InChI=1S/C15H18BrN3O/c1-3-9-17-14-11(4-2)15(19-10-18-14)20-13-8-6-5-7-12(13)16/h5-8,10H,3-4,9H2,1-2H3,(H,17,18,19). The molecule has 0 bridgehead atoms. The number of rotatable bonds is 6. The minimum Gasteiger partial charge on any atom is -0.437 e. The molecule has 5 heteroatoms. The zero-order chi connectivity index (χ0) is 14.4. The molecule has 1 heterocycles. The van der Waals surface area contributed by atoms with Crippen molar-refractivity contribution < 1.29 is 4.74 Å². The molecule has 1 N–H and O–H groups in total. The smallest absolute Gasteiger partial charge is 0.227 e. The van der Waals surface area contributed by atoms with E-state index >= 15 is 0 Å². The van der Waals surface area contributed by atoms with Crippen LogP contribution >= 0.6 is 15.9 Å². The number of ether oxygens (including phenoxy) is 1. The Balaban J connectivity index is 2.29. The van der Waals surface area contributed by atoms with Crippen molar-refractivity contribution in [3.05, 3.63) is 40.6 Å². The number of nitrogens with zero attached hydrogens (tertiary/aromatic N) is 2. The molecule has 0 aliphatic carbocycles. The van der Waals surface area contributed by atoms with Gasteiger partial charge in [0, 0.05) is 6.54 Å². The van der Waals surface area contributed by atoms with Gasteiger partial charge in [0.05, 0.1) is 10.0 Å². The number of anilines is 1. The molecule has 0 fully saturated rings. The Morgan fingerprint density at radius 2 is 2.00 bits per heavy atom. The van der Waals surface area contributed by atoms with Gasteiger partial charge >= 0.3 is 0 Å². The Bertz CT molecular complexity index is 575. The number of hydrogen-bond acceptors (Lipinski definition) is 4. The second kappa shape index (κ2) is 7.24. The number of halogens is 1. The van der Waals surface area contributed by atoms with Crippen molar-refractivity contribution in [2.75, 3.05) is 11.9 Å². The average Bonchev–Trinajstić information content (AvgIpc) is 2.47.